The van der Waals surface area contributed by atoms with E-state index in [4.69, 9.17) is 4.52 Å². The van der Waals surface area contributed by atoms with Crippen LogP contribution in [0, 0.1) is 6.92 Å². The number of benzene rings is 1. The number of hydrogen-bond acceptors (Lipinski definition) is 6. The van der Waals surface area contributed by atoms with Crippen LogP contribution >= 0.6 is 11.7 Å². The Morgan fingerprint density at radius 1 is 1.32 bits per heavy atom. The summed E-state index contributed by atoms with van der Waals surface area (Å²) in [5.41, 5.74) is 4.03. The molecule has 0 saturated heterocycles. The van der Waals surface area contributed by atoms with Gasteiger partial charge in [0.2, 0.25) is 0 Å². The summed E-state index contributed by atoms with van der Waals surface area (Å²) < 4.78 is 13.5. The highest BCUT2D eigenvalue weighted by molar-refractivity contribution is 7.00. The molecular weight excluding hydrogens is 300 g/mol. The van der Waals surface area contributed by atoms with Crippen LogP contribution in [0.4, 0.5) is 0 Å². The van der Waals surface area contributed by atoms with Crippen LogP contribution in [0.1, 0.15) is 34.3 Å². The number of aryl methyl sites for hydroxylation is 2. The third-order valence-corrected chi connectivity index (χ3v) is 4.12. The maximum Gasteiger partial charge on any atom is 0.259 e. The molecule has 0 spiro atoms. The van der Waals surface area contributed by atoms with Gasteiger partial charge < -0.3 is 9.42 Å². The van der Waals surface area contributed by atoms with Crippen molar-refractivity contribution in [3.63, 3.8) is 0 Å². The van der Waals surface area contributed by atoms with Crippen molar-refractivity contribution >= 4 is 28.7 Å². The van der Waals surface area contributed by atoms with E-state index in [1.54, 1.807) is 18.9 Å². The van der Waals surface area contributed by atoms with Crippen molar-refractivity contribution < 1.29 is 9.32 Å². The van der Waals surface area contributed by atoms with E-state index in [9.17, 15) is 4.79 Å². The molecule has 3 rings (SSSR count). The number of hydrogen-bond donors (Lipinski definition) is 0. The quantitative estimate of drug-likeness (QED) is 0.740. The van der Waals surface area contributed by atoms with Gasteiger partial charge in [-0.15, -0.1) is 0 Å². The van der Waals surface area contributed by atoms with Crippen LogP contribution in [0.2, 0.25) is 0 Å². The van der Waals surface area contributed by atoms with Gasteiger partial charge in [-0.05, 0) is 31.0 Å². The first-order chi connectivity index (χ1) is 10.6. The van der Waals surface area contributed by atoms with Crippen LogP contribution in [0.3, 0.4) is 0 Å². The van der Waals surface area contributed by atoms with Gasteiger partial charge in [-0.1, -0.05) is 18.1 Å². The fourth-order valence-electron chi connectivity index (χ4n) is 2.40. The number of aromatic nitrogens is 3. The zero-order valence-electron chi connectivity index (χ0n) is 12.7. The molecule has 114 valence electrons. The van der Waals surface area contributed by atoms with Gasteiger partial charge in [0.05, 0.1) is 17.4 Å². The number of carbonyl (C=O) groups is 1. The Labute approximate surface area is 132 Å². The van der Waals surface area contributed by atoms with Crippen molar-refractivity contribution in [3.8, 4) is 0 Å². The molecule has 1 aromatic carbocycles. The molecule has 1 amide bonds. The fraction of sp³-hybridized carbons (Fsp3) is 0.333. The molecular formula is C15H16N4O2S. The van der Waals surface area contributed by atoms with Crippen molar-refractivity contribution in [2.24, 2.45) is 0 Å². The van der Waals surface area contributed by atoms with E-state index >= 15 is 0 Å². The highest BCUT2D eigenvalue weighted by Crippen LogP contribution is 2.19. The van der Waals surface area contributed by atoms with Crippen LogP contribution < -0.4 is 0 Å². The van der Waals surface area contributed by atoms with Crippen molar-refractivity contribution in [1.82, 2.24) is 18.8 Å². The van der Waals surface area contributed by atoms with Crippen LogP contribution in [-0.4, -0.2) is 31.8 Å². The molecule has 0 atom stereocenters. The van der Waals surface area contributed by atoms with Crippen LogP contribution in [0.25, 0.3) is 11.0 Å². The summed E-state index contributed by atoms with van der Waals surface area (Å²) in [5, 5.41) is 3.94. The summed E-state index contributed by atoms with van der Waals surface area (Å²) in [7, 11) is 1.78. The summed E-state index contributed by atoms with van der Waals surface area (Å²) in [5.74, 6) is 0.486. The number of fused-ring (bicyclic) bond motifs is 1. The van der Waals surface area contributed by atoms with Gasteiger partial charge in [-0.25, -0.2) is 0 Å². The van der Waals surface area contributed by atoms with Crippen molar-refractivity contribution in [2.75, 3.05) is 7.05 Å². The van der Waals surface area contributed by atoms with Crippen molar-refractivity contribution in [3.05, 3.63) is 40.8 Å². The second-order valence-corrected chi connectivity index (χ2v) is 5.69. The number of nitrogens with zero attached hydrogens (tertiary/aromatic N) is 4. The molecule has 2 heterocycles. The first kappa shape index (κ1) is 14.6. The Hall–Kier alpha value is -2.28. The lowest BCUT2D eigenvalue weighted by atomic mass is 10.1. The first-order valence-electron chi connectivity index (χ1n) is 7.02. The standard InChI is InChI=1S/C15H16N4O2S/c1-4-11-14(9(2)21-16-11)15(20)19(3)8-10-5-6-12-13(7-10)18-22-17-12/h5-7H,4,8H2,1-3H3. The summed E-state index contributed by atoms with van der Waals surface area (Å²) in [4.78, 5) is 14.3. The molecule has 3 aromatic rings. The minimum atomic E-state index is -0.0768. The molecule has 0 aliphatic heterocycles. The lowest BCUT2D eigenvalue weighted by Crippen LogP contribution is -2.27. The summed E-state index contributed by atoms with van der Waals surface area (Å²) in [6.07, 6.45) is 0.669. The Morgan fingerprint density at radius 3 is 2.86 bits per heavy atom. The van der Waals surface area contributed by atoms with Gasteiger partial charge in [0, 0.05) is 13.6 Å². The Bertz CT molecular complexity index is 824. The van der Waals surface area contributed by atoms with E-state index in [2.05, 4.69) is 13.9 Å². The zero-order valence-corrected chi connectivity index (χ0v) is 13.5. The topological polar surface area (TPSA) is 72.1 Å². The Morgan fingerprint density at radius 2 is 2.09 bits per heavy atom. The predicted octanol–water partition coefficient (Wildman–Crippen LogP) is 2.82. The van der Waals surface area contributed by atoms with Gasteiger partial charge in [0.15, 0.2) is 0 Å². The Balaban J connectivity index is 1.82. The summed E-state index contributed by atoms with van der Waals surface area (Å²) in [6, 6.07) is 5.85. The van der Waals surface area contributed by atoms with Gasteiger partial charge in [0.25, 0.3) is 5.91 Å². The van der Waals surface area contributed by atoms with E-state index in [1.807, 2.05) is 25.1 Å². The second kappa shape index (κ2) is 5.84. The van der Waals surface area contributed by atoms with Crippen LogP contribution in [0.15, 0.2) is 22.7 Å². The molecule has 0 unspecified atom stereocenters. The molecule has 0 bridgehead atoms. The minimum absolute atomic E-state index is 0.0768. The lowest BCUT2D eigenvalue weighted by molar-refractivity contribution is 0.0782. The number of rotatable bonds is 4. The smallest absolute Gasteiger partial charge is 0.259 e. The third kappa shape index (κ3) is 2.59. The normalized spacial score (nSPS) is 11.0. The Kier molecular flexibility index (Phi) is 3.89. The first-order valence-corrected chi connectivity index (χ1v) is 7.75. The second-order valence-electron chi connectivity index (χ2n) is 5.16. The molecule has 0 radical (unpaired) electrons. The van der Waals surface area contributed by atoms with Crippen LogP contribution in [0.5, 0.6) is 0 Å². The van der Waals surface area contributed by atoms with Gasteiger partial charge >= 0.3 is 0 Å². The molecule has 2 aromatic heterocycles. The zero-order chi connectivity index (χ0) is 15.7. The van der Waals surface area contributed by atoms with E-state index in [1.165, 1.54) is 11.7 Å². The molecule has 0 aliphatic rings. The molecule has 7 heteroatoms. The number of amides is 1. The molecule has 0 saturated carbocycles. The van der Waals surface area contributed by atoms with E-state index in [0.29, 0.717) is 30.0 Å². The maximum atomic E-state index is 12.6. The minimum Gasteiger partial charge on any atom is -0.361 e. The lowest BCUT2D eigenvalue weighted by Gasteiger charge is -2.17. The SMILES string of the molecule is CCc1noc(C)c1C(=O)N(C)Cc1ccc2nsnc2c1. The predicted molar refractivity (Wildman–Crippen MR) is 83.8 cm³/mol. The van der Waals surface area contributed by atoms with Gasteiger partial charge in [-0.2, -0.15) is 8.75 Å². The molecule has 6 nitrogen and oxygen atoms in total. The maximum absolute atomic E-state index is 12.6. The molecule has 0 aliphatic carbocycles. The van der Waals surface area contributed by atoms with Gasteiger partial charge in [-0.3, -0.25) is 4.79 Å². The highest BCUT2D eigenvalue weighted by Gasteiger charge is 2.22. The van der Waals surface area contributed by atoms with Crippen LogP contribution in [-0.2, 0) is 13.0 Å². The fourth-order valence-corrected chi connectivity index (χ4v) is 2.91. The third-order valence-electron chi connectivity index (χ3n) is 3.57. The highest BCUT2D eigenvalue weighted by atomic mass is 32.1. The molecule has 0 N–H and O–H groups in total. The summed E-state index contributed by atoms with van der Waals surface area (Å²) in [6.45, 7) is 4.22. The van der Waals surface area contributed by atoms with E-state index in [-0.39, 0.29) is 5.91 Å². The van der Waals surface area contributed by atoms with E-state index in [0.717, 1.165) is 16.6 Å². The molecule has 0 fully saturated rings. The molecule has 22 heavy (non-hydrogen) atoms. The average Bonchev–Trinajstić information content (AvgIpc) is 3.11. The van der Waals surface area contributed by atoms with Crippen molar-refractivity contribution in [1.29, 1.82) is 0 Å². The monoisotopic (exact) mass is 316 g/mol. The van der Waals surface area contributed by atoms with E-state index < -0.39 is 0 Å². The largest absolute Gasteiger partial charge is 0.361 e. The van der Waals surface area contributed by atoms with Crippen molar-refractivity contribution in [2.45, 2.75) is 26.8 Å². The summed E-state index contributed by atoms with van der Waals surface area (Å²) >= 11 is 1.19. The number of carbonyl (C=O) groups excluding carboxylic acids is 1. The van der Waals surface area contributed by atoms with Gasteiger partial charge in [0.1, 0.15) is 22.4 Å². The average molecular weight is 316 g/mol.